The molecule has 0 saturated carbocycles. The lowest BCUT2D eigenvalue weighted by Crippen LogP contribution is -2.35. The van der Waals surface area contributed by atoms with E-state index in [0.717, 1.165) is 26.5 Å². The van der Waals surface area contributed by atoms with Crippen molar-refractivity contribution in [2.75, 3.05) is 0 Å². The molecule has 8 nitrogen and oxygen atoms in total. The second kappa shape index (κ2) is 7.31. The molecule has 0 N–H and O–H groups in total. The number of aryl methyl sites for hydroxylation is 1. The average Bonchev–Trinajstić information content (AvgIpc) is 3.28. The highest BCUT2D eigenvalue weighted by Gasteiger charge is 2.47. The summed E-state index contributed by atoms with van der Waals surface area (Å²) in [5, 5.41) is 3.90. The number of imide groups is 2. The standard InChI is InChI=1S/C21H18N4O4/c1-13-8-10-16(11-9-13)18-22-17(29-23-18)12-24-19(26)20(27)25(21(24)28)14(2)15-6-4-3-5-7-15/h3-11,14H,12H2,1-2H3. The van der Waals surface area contributed by atoms with Crippen LogP contribution < -0.4 is 0 Å². The summed E-state index contributed by atoms with van der Waals surface area (Å²) < 4.78 is 5.19. The van der Waals surface area contributed by atoms with E-state index in [2.05, 4.69) is 10.1 Å². The van der Waals surface area contributed by atoms with E-state index in [1.165, 1.54) is 0 Å². The molecule has 0 bridgehead atoms. The van der Waals surface area contributed by atoms with Gasteiger partial charge in [0.25, 0.3) is 0 Å². The molecule has 0 radical (unpaired) electrons. The number of rotatable bonds is 5. The summed E-state index contributed by atoms with van der Waals surface area (Å²) in [7, 11) is 0. The molecule has 29 heavy (non-hydrogen) atoms. The van der Waals surface area contributed by atoms with Crippen LogP contribution in [0.4, 0.5) is 4.79 Å². The van der Waals surface area contributed by atoms with E-state index in [-0.39, 0.29) is 12.4 Å². The number of benzene rings is 2. The van der Waals surface area contributed by atoms with E-state index in [9.17, 15) is 14.4 Å². The lowest BCUT2D eigenvalue weighted by atomic mass is 10.1. The molecule has 0 aliphatic carbocycles. The van der Waals surface area contributed by atoms with Crippen molar-refractivity contribution in [1.29, 1.82) is 0 Å². The summed E-state index contributed by atoms with van der Waals surface area (Å²) in [5.74, 6) is -1.36. The van der Waals surface area contributed by atoms with Gasteiger partial charge in [0, 0.05) is 5.56 Å². The Bertz CT molecular complexity index is 1080. The summed E-state index contributed by atoms with van der Waals surface area (Å²) in [6.45, 7) is 3.40. The van der Waals surface area contributed by atoms with Crippen LogP contribution in [0.25, 0.3) is 11.4 Å². The van der Waals surface area contributed by atoms with Crippen molar-refractivity contribution in [2.24, 2.45) is 0 Å². The number of urea groups is 1. The van der Waals surface area contributed by atoms with Gasteiger partial charge in [-0.25, -0.2) is 14.6 Å². The molecule has 1 aromatic heterocycles. The maximum absolute atomic E-state index is 12.8. The summed E-state index contributed by atoms with van der Waals surface area (Å²) >= 11 is 0. The molecule has 2 heterocycles. The van der Waals surface area contributed by atoms with E-state index < -0.39 is 23.9 Å². The molecule has 3 aromatic rings. The summed E-state index contributed by atoms with van der Waals surface area (Å²) in [5.41, 5.74) is 2.60. The molecule has 1 atom stereocenters. The zero-order valence-corrected chi connectivity index (χ0v) is 15.9. The summed E-state index contributed by atoms with van der Waals surface area (Å²) in [6.07, 6.45) is 0. The normalized spacial score (nSPS) is 15.3. The molecule has 1 fully saturated rings. The van der Waals surface area contributed by atoms with Crippen molar-refractivity contribution < 1.29 is 18.9 Å². The molecule has 4 amide bonds. The predicted molar refractivity (Wildman–Crippen MR) is 102 cm³/mol. The predicted octanol–water partition coefficient (Wildman–Crippen LogP) is 3.10. The molecule has 1 aliphatic rings. The van der Waals surface area contributed by atoms with Crippen LogP contribution in [0.15, 0.2) is 59.1 Å². The van der Waals surface area contributed by atoms with Crippen LogP contribution in [0.2, 0.25) is 0 Å². The lowest BCUT2D eigenvalue weighted by molar-refractivity contribution is -0.144. The topological polar surface area (TPSA) is 96.6 Å². The molecular formula is C21H18N4O4. The van der Waals surface area contributed by atoms with Gasteiger partial charge < -0.3 is 4.52 Å². The summed E-state index contributed by atoms with van der Waals surface area (Å²) in [4.78, 5) is 43.6. The third-order valence-electron chi connectivity index (χ3n) is 4.82. The lowest BCUT2D eigenvalue weighted by Gasteiger charge is -2.21. The van der Waals surface area contributed by atoms with Crippen LogP contribution in [-0.4, -0.2) is 37.8 Å². The van der Waals surface area contributed by atoms with Gasteiger partial charge in [-0.1, -0.05) is 65.3 Å². The first-order chi connectivity index (χ1) is 14.0. The van der Waals surface area contributed by atoms with Crippen molar-refractivity contribution in [3.63, 3.8) is 0 Å². The highest BCUT2D eigenvalue weighted by atomic mass is 16.5. The maximum Gasteiger partial charge on any atom is 0.335 e. The largest absolute Gasteiger partial charge is 0.337 e. The average molecular weight is 390 g/mol. The van der Waals surface area contributed by atoms with Gasteiger partial charge in [0.15, 0.2) is 0 Å². The van der Waals surface area contributed by atoms with Crippen LogP contribution >= 0.6 is 0 Å². The zero-order chi connectivity index (χ0) is 20.5. The molecule has 8 heteroatoms. The number of nitrogens with zero attached hydrogens (tertiary/aromatic N) is 4. The Morgan fingerprint density at radius 3 is 2.34 bits per heavy atom. The van der Waals surface area contributed by atoms with Crippen molar-refractivity contribution in [1.82, 2.24) is 19.9 Å². The molecule has 146 valence electrons. The second-order valence-electron chi connectivity index (χ2n) is 6.81. The smallest absolute Gasteiger partial charge is 0.335 e. The number of amides is 4. The van der Waals surface area contributed by atoms with Crippen LogP contribution in [-0.2, 0) is 16.1 Å². The van der Waals surface area contributed by atoms with E-state index >= 15 is 0 Å². The van der Waals surface area contributed by atoms with E-state index in [0.29, 0.717) is 5.82 Å². The molecule has 1 unspecified atom stereocenters. The third kappa shape index (κ3) is 3.40. The van der Waals surface area contributed by atoms with Crippen LogP contribution in [0, 0.1) is 6.92 Å². The number of carbonyl (C=O) groups excluding carboxylic acids is 3. The maximum atomic E-state index is 12.8. The Balaban J connectivity index is 1.54. The Morgan fingerprint density at radius 2 is 1.66 bits per heavy atom. The van der Waals surface area contributed by atoms with Crippen LogP contribution in [0.5, 0.6) is 0 Å². The fourth-order valence-corrected chi connectivity index (χ4v) is 3.16. The van der Waals surface area contributed by atoms with Crippen LogP contribution in [0.1, 0.15) is 30.0 Å². The fraction of sp³-hybridized carbons (Fsp3) is 0.190. The Hall–Kier alpha value is -3.81. The van der Waals surface area contributed by atoms with Crippen molar-refractivity contribution in [2.45, 2.75) is 26.4 Å². The van der Waals surface area contributed by atoms with Gasteiger partial charge in [0.2, 0.25) is 11.7 Å². The second-order valence-corrected chi connectivity index (χ2v) is 6.81. The number of aromatic nitrogens is 2. The van der Waals surface area contributed by atoms with Gasteiger partial charge in [0.1, 0.15) is 6.54 Å². The highest BCUT2D eigenvalue weighted by molar-refractivity contribution is 6.44. The SMILES string of the molecule is Cc1ccc(-c2noc(CN3C(=O)C(=O)N(C(C)c4ccccc4)C3=O)n2)cc1. The molecule has 0 spiro atoms. The first-order valence-corrected chi connectivity index (χ1v) is 9.09. The zero-order valence-electron chi connectivity index (χ0n) is 15.9. The van der Waals surface area contributed by atoms with Crippen molar-refractivity contribution in [3.05, 3.63) is 71.6 Å². The van der Waals surface area contributed by atoms with Gasteiger partial charge in [0.05, 0.1) is 6.04 Å². The molecule has 1 saturated heterocycles. The van der Waals surface area contributed by atoms with Crippen LogP contribution in [0.3, 0.4) is 0 Å². The van der Waals surface area contributed by atoms with Gasteiger partial charge in [-0.2, -0.15) is 4.98 Å². The molecular weight excluding hydrogens is 372 g/mol. The summed E-state index contributed by atoms with van der Waals surface area (Å²) in [6, 6.07) is 15.3. The molecule has 2 aromatic carbocycles. The minimum absolute atomic E-state index is 0.0734. The van der Waals surface area contributed by atoms with E-state index in [4.69, 9.17) is 4.52 Å². The minimum atomic E-state index is -0.909. The van der Waals surface area contributed by atoms with E-state index in [1.54, 1.807) is 19.1 Å². The highest BCUT2D eigenvalue weighted by Crippen LogP contribution is 2.27. The van der Waals surface area contributed by atoms with Gasteiger partial charge in [-0.3, -0.25) is 9.59 Å². The molecule has 4 rings (SSSR count). The Kier molecular flexibility index (Phi) is 4.67. The number of hydrogen-bond donors (Lipinski definition) is 0. The quantitative estimate of drug-likeness (QED) is 0.491. The first kappa shape index (κ1) is 18.5. The Labute approximate surface area is 166 Å². The van der Waals surface area contributed by atoms with Crippen molar-refractivity contribution in [3.8, 4) is 11.4 Å². The minimum Gasteiger partial charge on any atom is -0.337 e. The van der Waals surface area contributed by atoms with Gasteiger partial charge in [-0.05, 0) is 19.4 Å². The van der Waals surface area contributed by atoms with Gasteiger partial charge >= 0.3 is 17.8 Å². The fourth-order valence-electron chi connectivity index (χ4n) is 3.16. The van der Waals surface area contributed by atoms with Crippen molar-refractivity contribution >= 4 is 17.8 Å². The van der Waals surface area contributed by atoms with E-state index in [1.807, 2.05) is 49.4 Å². The third-order valence-corrected chi connectivity index (χ3v) is 4.82. The first-order valence-electron chi connectivity index (χ1n) is 9.09. The molecule has 1 aliphatic heterocycles. The Morgan fingerprint density at radius 1 is 0.966 bits per heavy atom. The number of hydrogen-bond acceptors (Lipinski definition) is 6. The van der Waals surface area contributed by atoms with Gasteiger partial charge in [-0.15, -0.1) is 0 Å². The number of carbonyl (C=O) groups is 3. The monoisotopic (exact) mass is 390 g/mol.